The van der Waals surface area contributed by atoms with E-state index >= 15 is 0 Å². The molecule has 3 rings (SSSR count). The van der Waals surface area contributed by atoms with Crippen LogP contribution in [0.4, 0.5) is 5.69 Å². The standard InChI is InChI=1S/C19H20N2O3S/c1-24-14-7-8-16-15(10-14)17(18(25-16)19(22)23)21-11-13(20)9-12-5-3-2-4-6-12/h2-8,10,13,21H,9,11,20H2,1H3,(H,22,23)/t13-/m0/s1. The first-order valence-corrected chi connectivity index (χ1v) is 8.77. The fourth-order valence-electron chi connectivity index (χ4n) is 2.75. The highest BCUT2D eigenvalue weighted by Crippen LogP contribution is 2.37. The molecule has 25 heavy (non-hydrogen) atoms. The number of thiophene rings is 1. The van der Waals surface area contributed by atoms with E-state index < -0.39 is 5.97 Å². The third kappa shape index (κ3) is 3.92. The van der Waals surface area contributed by atoms with Gasteiger partial charge in [0.1, 0.15) is 10.6 Å². The van der Waals surface area contributed by atoms with Crippen LogP contribution in [0.5, 0.6) is 5.75 Å². The van der Waals surface area contributed by atoms with Crippen LogP contribution in [-0.4, -0.2) is 30.8 Å². The molecule has 0 bridgehead atoms. The maximum Gasteiger partial charge on any atom is 0.348 e. The van der Waals surface area contributed by atoms with Gasteiger partial charge in [-0.3, -0.25) is 0 Å². The van der Waals surface area contributed by atoms with Crippen molar-refractivity contribution in [2.75, 3.05) is 19.0 Å². The second kappa shape index (κ2) is 7.55. The van der Waals surface area contributed by atoms with E-state index in [0.29, 0.717) is 18.0 Å². The molecule has 4 N–H and O–H groups in total. The molecule has 0 saturated heterocycles. The van der Waals surface area contributed by atoms with Crippen LogP contribution in [0.15, 0.2) is 48.5 Å². The van der Waals surface area contributed by atoms with Crippen molar-refractivity contribution >= 4 is 33.1 Å². The van der Waals surface area contributed by atoms with E-state index in [1.807, 2.05) is 48.5 Å². The molecular formula is C19H20N2O3S. The van der Waals surface area contributed by atoms with Gasteiger partial charge in [-0.15, -0.1) is 11.3 Å². The molecule has 0 saturated carbocycles. The molecule has 3 aromatic rings. The first-order valence-electron chi connectivity index (χ1n) is 7.95. The Balaban J connectivity index is 1.81. The highest BCUT2D eigenvalue weighted by Gasteiger charge is 2.19. The zero-order valence-electron chi connectivity index (χ0n) is 13.9. The van der Waals surface area contributed by atoms with Crippen LogP contribution in [0.3, 0.4) is 0 Å². The number of nitrogens with two attached hydrogens (primary N) is 1. The number of hydrogen-bond acceptors (Lipinski definition) is 5. The maximum absolute atomic E-state index is 11.6. The van der Waals surface area contributed by atoms with Gasteiger partial charge < -0.3 is 20.9 Å². The molecule has 5 nitrogen and oxygen atoms in total. The molecule has 0 aliphatic rings. The van der Waals surface area contributed by atoms with Gasteiger partial charge in [0, 0.05) is 22.7 Å². The van der Waals surface area contributed by atoms with Gasteiger partial charge in [0.15, 0.2) is 0 Å². The van der Waals surface area contributed by atoms with E-state index in [1.165, 1.54) is 11.3 Å². The highest BCUT2D eigenvalue weighted by atomic mass is 32.1. The van der Waals surface area contributed by atoms with E-state index in [-0.39, 0.29) is 10.9 Å². The van der Waals surface area contributed by atoms with Gasteiger partial charge in [-0.1, -0.05) is 30.3 Å². The van der Waals surface area contributed by atoms with E-state index in [2.05, 4.69) is 5.32 Å². The van der Waals surface area contributed by atoms with Crippen molar-refractivity contribution in [1.29, 1.82) is 0 Å². The van der Waals surface area contributed by atoms with Crippen LogP contribution >= 0.6 is 11.3 Å². The van der Waals surface area contributed by atoms with Gasteiger partial charge in [-0.2, -0.15) is 0 Å². The summed E-state index contributed by atoms with van der Waals surface area (Å²) >= 11 is 1.25. The summed E-state index contributed by atoms with van der Waals surface area (Å²) in [6.07, 6.45) is 0.724. The molecule has 1 aromatic heterocycles. The molecule has 0 aliphatic heterocycles. The first kappa shape index (κ1) is 17.3. The summed E-state index contributed by atoms with van der Waals surface area (Å²) in [7, 11) is 1.59. The summed E-state index contributed by atoms with van der Waals surface area (Å²) in [6.45, 7) is 0.484. The number of hydrogen-bond donors (Lipinski definition) is 3. The molecule has 0 amide bonds. The van der Waals surface area contributed by atoms with Crippen molar-refractivity contribution in [2.45, 2.75) is 12.5 Å². The van der Waals surface area contributed by atoms with Gasteiger partial charge in [-0.05, 0) is 30.2 Å². The van der Waals surface area contributed by atoms with Gasteiger partial charge in [0.2, 0.25) is 0 Å². The Bertz CT molecular complexity index is 877. The largest absolute Gasteiger partial charge is 0.497 e. The minimum absolute atomic E-state index is 0.121. The second-order valence-electron chi connectivity index (χ2n) is 5.80. The van der Waals surface area contributed by atoms with Crippen LogP contribution in [0, 0.1) is 0 Å². The molecule has 1 atom stereocenters. The van der Waals surface area contributed by atoms with Crippen molar-refractivity contribution in [1.82, 2.24) is 0 Å². The Morgan fingerprint density at radius 1 is 1.28 bits per heavy atom. The van der Waals surface area contributed by atoms with Crippen molar-refractivity contribution in [3.8, 4) is 5.75 Å². The zero-order chi connectivity index (χ0) is 17.8. The first-order chi connectivity index (χ1) is 12.1. The van der Waals surface area contributed by atoms with E-state index in [1.54, 1.807) is 7.11 Å². The summed E-state index contributed by atoms with van der Waals surface area (Å²) < 4.78 is 6.16. The lowest BCUT2D eigenvalue weighted by atomic mass is 10.1. The van der Waals surface area contributed by atoms with Crippen LogP contribution in [-0.2, 0) is 6.42 Å². The minimum atomic E-state index is -0.945. The van der Waals surface area contributed by atoms with Crippen molar-refractivity contribution in [3.05, 3.63) is 59.0 Å². The third-order valence-electron chi connectivity index (χ3n) is 3.97. The minimum Gasteiger partial charge on any atom is -0.497 e. The molecule has 1 heterocycles. The number of methoxy groups -OCH3 is 1. The Hall–Kier alpha value is -2.57. The van der Waals surface area contributed by atoms with Gasteiger partial charge in [-0.25, -0.2) is 4.79 Å². The van der Waals surface area contributed by atoms with Crippen LogP contribution in [0.25, 0.3) is 10.1 Å². The maximum atomic E-state index is 11.6. The summed E-state index contributed by atoms with van der Waals surface area (Å²) in [4.78, 5) is 11.9. The number of nitrogens with one attached hydrogen (secondary N) is 1. The monoisotopic (exact) mass is 356 g/mol. The van der Waals surface area contributed by atoms with Crippen molar-refractivity contribution < 1.29 is 14.6 Å². The van der Waals surface area contributed by atoms with Crippen molar-refractivity contribution in [2.24, 2.45) is 5.73 Å². The van der Waals surface area contributed by atoms with E-state index in [4.69, 9.17) is 10.5 Å². The summed E-state index contributed by atoms with van der Waals surface area (Å²) in [6, 6.07) is 15.4. The molecule has 130 valence electrons. The van der Waals surface area contributed by atoms with Crippen LogP contribution in [0.1, 0.15) is 15.2 Å². The average molecular weight is 356 g/mol. The molecule has 2 aromatic carbocycles. The highest BCUT2D eigenvalue weighted by molar-refractivity contribution is 7.21. The number of carboxylic acids is 1. The lowest BCUT2D eigenvalue weighted by Crippen LogP contribution is -2.31. The summed E-state index contributed by atoms with van der Waals surface area (Å²) in [5, 5.41) is 13.6. The summed E-state index contributed by atoms with van der Waals surface area (Å²) in [5.74, 6) is -0.252. The molecule has 0 aliphatic carbocycles. The third-order valence-corrected chi connectivity index (χ3v) is 5.13. The second-order valence-corrected chi connectivity index (χ2v) is 6.86. The molecule has 0 spiro atoms. The number of aromatic carboxylic acids is 1. The number of fused-ring (bicyclic) bond motifs is 1. The predicted octanol–water partition coefficient (Wildman–Crippen LogP) is 3.59. The molecule has 0 radical (unpaired) electrons. The van der Waals surface area contributed by atoms with Gasteiger partial charge >= 0.3 is 5.97 Å². The number of anilines is 1. The lowest BCUT2D eigenvalue weighted by Gasteiger charge is -2.14. The lowest BCUT2D eigenvalue weighted by molar-refractivity contribution is 0.0703. The fraction of sp³-hybridized carbons (Fsp3) is 0.211. The van der Waals surface area contributed by atoms with E-state index in [9.17, 15) is 9.90 Å². The SMILES string of the molecule is COc1ccc2sc(C(=O)O)c(NC[C@@H](N)Cc3ccccc3)c2c1. The quantitative estimate of drug-likeness (QED) is 0.602. The summed E-state index contributed by atoms with van der Waals surface area (Å²) in [5.41, 5.74) is 7.98. The van der Waals surface area contributed by atoms with Crippen LogP contribution < -0.4 is 15.8 Å². The number of carbonyl (C=O) groups is 1. The Kier molecular flexibility index (Phi) is 5.21. The number of carboxylic acid groups (broad SMARTS) is 1. The average Bonchev–Trinajstić information content (AvgIpc) is 2.98. The van der Waals surface area contributed by atoms with Crippen LogP contribution in [0.2, 0.25) is 0 Å². The topological polar surface area (TPSA) is 84.6 Å². The number of ether oxygens (including phenoxy) is 1. The fourth-order valence-corrected chi connectivity index (χ4v) is 3.75. The number of benzene rings is 2. The molecule has 6 heteroatoms. The molecule has 0 unspecified atom stereocenters. The Labute approximate surface area is 150 Å². The normalized spacial score (nSPS) is 12.1. The molecule has 0 fully saturated rings. The number of rotatable bonds is 7. The van der Waals surface area contributed by atoms with Crippen molar-refractivity contribution in [3.63, 3.8) is 0 Å². The van der Waals surface area contributed by atoms with Gasteiger partial charge in [0.05, 0.1) is 12.8 Å². The van der Waals surface area contributed by atoms with Gasteiger partial charge in [0.25, 0.3) is 0 Å². The predicted molar refractivity (Wildman–Crippen MR) is 102 cm³/mol. The Morgan fingerprint density at radius 2 is 2.04 bits per heavy atom. The zero-order valence-corrected chi connectivity index (χ0v) is 14.7. The molecular weight excluding hydrogens is 336 g/mol. The smallest absolute Gasteiger partial charge is 0.348 e. The van der Waals surface area contributed by atoms with E-state index in [0.717, 1.165) is 22.1 Å². The Morgan fingerprint density at radius 3 is 2.72 bits per heavy atom.